The number of methoxy groups -OCH3 is 1. The average Bonchev–Trinajstić information content (AvgIpc) is 3.20. The fourth-order valence-corrected chi connectivity index (χ4v) is 4.00. The Balaban J connectivity index is 0.00000132. The maximum Gasteiger partial charge on any atom is 0.251 e. The molecule has 31 heavy (non-hydrogen) atoms. The first-order valence-corrected chi connectivity index (χ1v) is 11.0. The van der Waals surface area contributed by atoms with Crippen LogP contribution in [0.25, 0.3) is 11.5 Å². The summed E-state index contributed by atoms with van der Waals surface area (Å²) in [5, 5.41) is 4.19. The molecule has 9 heteroatoms. The topological polar surface area (TPSA) is 77.3 Å². The first-order valence-electron chi connectivity index (χ1n) is 9.91. The molecule has 1 aliphatic rings. The summed E-state index contributed by atoms with van der Waals surface area (Å²) in [4.78, 5) is 21.4. The third-order valence-electron chi connectivity index (χ3n) is 4.65. The quantitative estimate of drug-likeness (QED) is 0.457. The Morgan fingerprint density at radius 2 is 1.87 bits per heavy atom. The summed E-state index contributed by atoms with van der Waals surface area (Å²) in [7, 11) is 1.52. The zero-order valence-corrected chi connectivity index (χ0v) is 19.6. The van der Waals surface area contributed by atoms with Gasteiger partial charge in [0.1, 0.15) is 5.76 Å². The molecule has 6 nitrogen and oxygen atoms in total. The van der Waals surface area contributed by atoms with E-state index in [0.29, 0.717) is 43.7 Å². The highest BCUT2D eigenvalue weighted by atomic mass is 35.5. The molecule has 1 unspecified atom stereocenters. The van der Waals surface area contributed by atoms with Crippen LogP contribution in [-0.2, 0) is 6.42 Å². The lowest BCUT2D eigenvalue weighted by molar-refractivity contribution is 0.0927. The van der Waals surface area contributed by atoms with Gasteiger partial charge in [-0.1, -0.05) is 48.7 Å². The molecular formula is C22H22Cl3N3O3. The predicted molar refractivity (Wildman–Crippen MR) is 122 cm³/mol. The van der Waals surface area contributed by atoms with Crippen molar-refractivity contribution in [3.63, 3.8) is 0 Å². The van der Waals surface area contributed by atoms with E-state index >= 15 is 0 Å². The number of aromatic nitrogens is 2. The van der Waals surface area contributed by atoms with Crippen LogP contribution < -0.4 is 10.1 Å². The zero-order chi connectivity index (χ0) is 22.5. The summed E-state index contributed by atoms with van der Waals surface area (Å²) in [5.41, 5.74) is 1.77. The van der Waals surface area contributed by atoms with Crippen molar-refractivity contribution in [2.75, 3.05) is 7.11 Å². The van der Waals surface area contributed by atoms with Crippen LogP contribution in [0.4, 0.5) is 0 Å². The van der Waals surface area contributed by atoms with Crippen LogP contribution >= 0.6 is 34.8 Å². The highest BCUT2D eigenvalue weighted by molar-refractivity contribution is 6.35. The zero-order valence-electron chi connectivity index (χ0n) is 17.3. The lowest BCUT2D eigenvalue weighted by Gasteiger charge is -2.21. The Hall–Kier alpha value is -2.28. The number of ether oxygens (including phenoxy) is 1. The maximum absolute atomic E-state index is 12.7. The third-order valence-corrected chi connectivity index (χ3v) is 5.39. The third kappa shape index (κ3) is 5.32. The molecule has 2 heterocycles. The molecule has 1 aromatic carbocycles. The van der Waals surface area contributed by atoms with Gasteiger partial charge in [0.2, 0.25) is 11.8 Å². The molecule has 1 amide bonds. The number of aryl methyl sites for hydroxylation is 1. The van der Waals surface area contributed by atoms with E-state index in [2.05, 4.69) is 15.3 Å². The number of pyridine rings is 1. The highest BCUT2D eigenvalue weighted by Gasteiger charge is 2.29. The molecule has 0 spiro atoms. The molecule has 1 aliphatic carbocycles. The Bertz CT molecular complexity index is 1060. The Kier molecular flexibility index (Phi) is 7.81. The minimum absolute atomic E-state index is 0.284. The van der Waals surface area contributed by atoms with Crippen LogP contribution in [0.1, 0.15) is 54.5 Å². The molecule has 0 radical (unpaired) electrons. The Labute approximate surface area is 195 Å². The number of oxazole rings is 1. The number of hydrogen-bond acceptors (Lipinski definition) is 5. The number of carbonyl (C=O) groups is 1. The molecule has 0 bridgehead atoms. The van der Waals surface area contributed by atoms with Crippen LogP contribution in [0.2, 0.25) is 15.1 Å². The summed E-state index contributed by atoms with van der Waals surface area (Å²) in [5.74, 6) is 1.12. The van der Waals surface area contributed by atoms with Crippen LogP contribution in [0.15, 0.2) is 34.9 Å². The average molecular weight is 483 g/mol. The largest absolute Gasteiger partial charge is 0.481 e. The van der Waals surface area contributed by atoms with Gasteiger partial charge in [-0.05, 0) is 37.5 Å². The van der Waals surface area contributed by atoms with Crippen LogP contribution in [0.3, 0.4) is 0 Å². The molecule has 3 aromatic rings. The fraction of sp³-hybridized carbons (Fsp3) is 0.318. The first-order chi connectivity index (χ1) is 14.9. The molecule has 0 fully saturated rings. The predicted octanol–water partition coefficient (Wildman–Crippen LogP) is 6.54. The van der Waals surface area contributed by atoms with Crippen LogP contribution in [0, 0.1) is 0 Å². The van der Waals surface area contributed by atoms with Crippen LogP contribution in [0.5, 0.6) is 5.88 Å². The first kappa shape index (κ1) is 23.4. The number of amides is 1. The minimum atomic E-state index is -0.312. The minimum Gasteiger partial charge on any atom is -0.481 e. The molecule has 4 rings (SSSR count). The van der Waals surface area contributed by atoms with Gasteiger partial charge in [0.25, 0.3) is 5.91 Å². The summed E-state index contributed by atoms with van der Waals surface area (Å²) in [6.45, 7) is 4.00. The van der Waals surface area contributed by atoms with Crippen molar-refractivity contribution in [1.29, 1.82) is 0 Å². The number of halogens is 3. The van der Waals surface area contributed by atoms with Crippen molar-refractivity contribution in [2.24, 2.45) is 0 Å². The number of nitrogens with one attached hydrogen (secondary N) is 1. The maximum atomic E-state index is 12.7. The van der Waals surface area contributed by atoms with Crippen molar-refractivity contribution in [1.82, 2.24) is 15.3 Å². The second kappa shape index (κ2) is 10.4. The van der Waals surface area contributed by atoms with Crippen molar-refractivity contribution < 1.29 is 13.9 Å². The van der Waals surface area contributed by atoms with Gasteiger partial charge in [-0.2, -0.15) is 0 Å². The van der Waals surface area contributed by atoms with Crippen molar-refractivity contribution in [3.8, 4) is 17.3 Å². The van der Waals surface area contributed by atoms with Gasteiger partial charge in [0.05, 0.1) is 35.6 Å². The summed E-state index contributed by atoms with van der Waals surface area (Å²) < 4.78 is 11.2. The number of hydrogen-bond donors (Lipinski definition) is 1. The molecule has 0 saturated heterocycles. The molecular weight excluding hydrogens is 461 g/mol. The monoisotopic (exact) mass is 481 g/mol. The fourth-order valence-electron chi connectivity index (χ4n) is 3.29. The SMILES string of the molecule is CC.COc1cc(-c2nc3c(o2)C(NC(=O)c2cc(Cl)cc(Cl)c2)CCC3)c(Cl)cn1. The van der Waals surface area contributed by atoms with Gasteiger partial charge in [-0.15, -0.1) is 0 Å². The van der Waals surface area contributed by atoms with Gasteiger partial charge >= 0.3 is 0 Å². The van der Waals surface area contributed by atoms with Crippen molar-refractivity contribution >= 4 is 40.7 Å². The molecule has 1 atom stereocenters. The Morgan fingerprint density at radius 1 is 1.16 bits per heavy atom. The molecule has 0 aliphatic heterocycles. The second-order valence-electron chi connectivity index (χ2n) is 6.61. The van der Waals surface area contributed by atoms with E-state index in [1.807, 2.05) is 13.8 Å². The van der Waals surface area contributed by atoms with E-state index in [0.717, 1.165) is 25.0 Å². The summed E-state index contributed by atoms with van der Waals surface area (Å²) in [6.07, 6.45) is 3.85. The number of benzene rings is 1. The Morgan fingerprint density at radius 3 is 2.55 bits per heavy atom. The number of rotatable bonds is 4. The van der Waals surface area contributed by atoms with E-state index in [-0.39, 0.29) is 11.9 Å². The lowest BCUT2D eigenvalue weighted by atomic mass is 9.96. The van der Waals surface area contributed by atoms with E-state index < -0.39 is 0 Å². The number of carbonyl (C=O) groups excluding carboxylic acids is 1. The normalized spacial score (nSPS) is 14.8. The van der Waals surface area contributed by atoms with Gasteiger partial charge in [0, 0.05) is 21.7 Å². The van der Waals surface area contributed by atoms with Crippen molar-refractivity contribution in [2.45, 2.75) is 39.2 Å². The molecule has 2 aromatic heterocycles. The second-order valence-corrected chi connectivity index (χ2v) is 7.89. The molecule has 164 valence electrons. The highest BCUT2D eigenvalue weighted by Crippen LogP contribution is 2.36. The van der Waals surface area contributed by atoms with E-state index in [1.54, 1.807) is 24.3 Å². The molecule has 0 saturated carbocycles. The number of nitrogens with zero attached hydrogens (tertiary/aromatic N) is 2. The lowest BCUT2D eigenvalue weighted by Crippen LogP contribution is -2.30. The van der Waals surface area contributed by atoms with Gasteiger partial charge in [-0.3, -0.25) is 4.79 Å². The summed E-state index contributed by atoms with van der Waals surface area (Å²) in [6, 6.07) is 6.07. The van der Waals surface area contributed by atoms with E-state index in [1.165, 1.54) is 13.3 Å². The van der Waals surface area contributed by atoms with Crippen molar-refractivity contribution in [3.05, 3.63) is 62.5 Å². The van der Waals surface area contributed by atoms with Crippen LogP contribution in [-0.4, -0.2) is 23.0 Å². The number of fused-ring (bicyclic) bond motifs is 1. The standard InChI is InChI=1S/C20H16Cl3N3O3.C2H6/c1-28-17-8-13(14(23)9-24-17)20-26-16-4-2-3-15(18(16)29-20)25-19(27)10-5-11(21)7-12(22)6-10;1-2/h5-9,15H,2-4H2,1H3,(H,25,27);1-2H3. The molecule has 1 N–H and O–H groups in total. The van der Waals surface area contributed by atoms with Gasteiger partial charge in [-0.25, -0.2) is 9.97 Å². The van der Waals surface area contributed by atoms with E-state index in [4.69, 9.17) is 44.0 Å². The van der Waals surface area contributed by atoms with Gasteiger partial charge < -0.3 is 14.5 Å². The summed E-state index contributed by atoms with van der Waals surface area (Å²) >= 11 is 18.3. The van der Waals surface area contributed by atoms with E-state index in [9.17, 15) is 4.79 Å². The van der Waals surface area contributed by atoms with Gasteiger partial charge in [0.15, 0.2) is 0 Å². The smallest absolute Gasteiger partial charge is 0.251 e.